The van der Waals surface area contributed by atoms with E-state index in [1.807, 2.05) is 54.6 Å². The maximum atomic E-state index is 12.0. The molecule has 1 N–H and O–H groups in total. The number of aryl methyl sites for hydroxylation is 1. The second kappa shape index (κ2) is 6.87. The maximum Gasteiger partial charge on any atom is 0.235 e. The molecule has 0 spiro atoms. The zero-order valence-electron chi connectivity index (χ0n) is 12.8. The average Bonchev–Trinajstić information content (AvgIpc) is 2.60. The summed E-state index contributed by atoms with van der Waals surface area (Å²) in [6.07, 6.45) is 0.790. The summed E-state index contributed by atoms with van der Waals surface area (Å²) < 4.78 is 5.30. The monoisotopic (exact) mass is 307 g/mol. The number of anilines is 1. The third-order valence-electron chi connectivity index (χ3n) is 3.45. The van der Waals surface area contributed by atoms with Gasteiger partial charge in [0.1, 0.15) is 5.69 Å². The highest BCUT2D eigenvalue weighted by molar-refractivity contribution is 5.90. The summed E-state index contributed by atoms with van der Waals surface area (Å²) in [6.45, 7) is 0. The number of amides is 1. The highest BCUT2D eigenvalue weighted by Crippen LogP contribution is 2.20. The molecule has 3 rings (SSSR count). The number of methoxy groups -OCH3 is 1. The molecule has 2 aromatic carbocycles. The van der Waals surface area contributed by atoms with Crippen LogP contribution in [0.15, 0.2) is 54.6 Å². The lowest BCUT2D eigenvalue weighted by Crippen LogP contribution is -2.13. The van der Waals surface area contributed by atoms with E-state index < -0.39 is 0 Å². The molecule has 5 heteroatoms. The highest BCUT2D eigenvalue weighted by Gasteiger charge is 2.11. The molecule has 1 amide bonds. The summed E-state index contributed by atoms with van der Waals surface area (Å²) in [7, 11) is 1.56. The fourth-order valence-corrected chi connectivity index (χ4v) is 2.32. The number of ether oxygens (including phenoxy) is 1. The lowest BCUT2D eigenvalue weighted by atomic mass is 10.2. The predicted molar refractivity (Wildman–Crippen MR) is 89.5 cm³/mol. The Labute approximate surface area is 134 Å². The third-order valence-corrected chi connectivity index (χ3v) is 3.45. The van der Waals surface area contributed by atoms with Crippen molar-refractivity contribution in [1.82, 2.24) is 9.97 Å². The number of hydrogen-bond donors (Lipinski definition) is 1. The Bertz CT molecular complexity index is 819. The Kier molecular flexibility index (Phi) is 4.47. The summed E-state index contributed by atoms with van der Waals surface area (Å²) in [5.74, 6) is 0.407. The number of benzene rings is 2. The molecule has 0 saturated heterocycles. The summed E-state index contributed by atoms with van der Waals surface area (Å²) in [5.41, 5.74) is 3.05. The molecule has 5 nitrogen and oxygen atoms in total. The number of hydrogen-bond acceptors (Lipinski definition) is 4. The van der Waals surface area contributed by atoms with Gasteiger partial charge in [0.15, 0.2) is 0 Å². The molecule has 0 unspecified atom stereocenters. The number of nitrogens with zero attached hydrogens (tertiary/aromatic N) is 2. The van der Waals surface area contributed by atoms with Crippen LogP contribution in [0.2, 0.25) is 0 Å². The Morgan fingerprint density at radius 2 is 1.65 bits per heavy atom. The molecule has 0 saturated carbocycles. The molecule has 116 valence electrons. The molecule has 0 aliphatic heterocycles. The summed E-state index contributed by atoms with van der Waals surface area (Å²) >= 11 is 0. The standard InChI is InChI=1S/C18H17N3O2/c1-23-18-16(20-14-9-5-6-10-15(14)21-18)11-12-17(22)19-13-7-3-2-4-8-13/h2-10H,11-12H2,1H3,(H,19,22). The average molecular weight is 307 g/mol. The van der Waals surface area contributed by atoms with Crippen LogP contribution in [-0.2, 0) is 11.2 Å². The van der Waals surface area contributed by atoms with E-state index in [1.165, 1.54) is 0 Å². The van der Waals surface area contributed by atoms with Crippen molar-refractivity contribution in [1.29, 1.82) is 0 Å². The molecule has 1 heterocycles. The van der Waals surface area contributed by atoms with Crippen molar-refractivity contribution >= 4 is 22.6 Å². The van der Waals surface area contributed by atoms with Crippen LogP contribution in [0.4, 0.5) is 5.69 Å². The lowest BCUT2D eigenvalue weighted by molar-refractivity contribution is -0.116. The predicted octanol–water partition coefficient (Wildman–Crippen LogP) is 3.21. The highest BCUT2D eigenvalue weighted by atomic mass is 16.5. The van der Waals surface area contributed by atoms with E-state index in [9.17, 15) is 4.79 Å². The van der Waals surface area contributed by atoms with Crippen LogP contribution in [0.5, 0.6) is 5.88 Å². The van der Waals surface area contributed by atoms with Crippen LogP contribution in [0.3, 0.4) is 0 Å². The number of rotatable bonds is 5. The van der Waals surface area contributed by atoms with Crippen molar-refractivity contribution in [2.24, 2.45) is 0 Å². The minimum absolute atomic E-state index is 0.0618. The molecule has 1 aromatic heterocycles. The van der Waals surface area contributed by atoms with Gasteiger partial charge in [-0.05, 0) is 24.3 Å². The van der Waals surface area contributed by atoms with E-state index in [0.29, 0.717) is 24.4 Å². The van der Waals surface area contributed by atoms with Gasteiger partial charge >= 0.3 is 0 Å². The maximum absolute atomic E-state index is 12.0. The Morgan fingerprint density at radius 1 is 1.00 bits per heavy atom. The van der Waals surface area contributed by atoms with Gasteiger partial charge in [-0.25, -0.2) is 9.97 Å². The fraction of sp³-hybridized carbons (Fsp3) is 0.167. The fourth-order valence-electron chi connectivity index (χ4n) is 2.32. The minimum atomic E-state index is -0.0618. The summed E-state index contributed by atoms with van der Waals surface area (Å²) in [5, 5.41) is 2.86. The number of fused-ring (bicyclic) bond motifs is 1. The van der Waals surface area contributed by atoms with E-state index >= 15 is 0 Å². The number of carbonyl (C=O) groups is 1. The number of carbonyl (C=O) groups excluding carboxylic acids is 1. The van der Waals surface area contributed by atoms with E-state index in [0.717, 1.165) is 16.7 Å². The van der Waals surface area contributed by atoms with Crippen LogP contribution in [0, 0.1) is 0 Å². The van der Waals surface area contributed by atoms with Gasteiger partial charge in [-0.15, -0.1) is 0 Å². The molecule has 3 aromatic rings. The topological polar surface area (TPSA) is 64.1 Å². The van der Waals surface area contributed by atoms with Crippen molar-refractivity contribution in [3.63, 3.8) is 0 Å². The zero-order valence-corrected chi connectivity index (χ0v) is 12.8. The molecular formula is C18H17N3O2. The Balaban J connectivity index is 1.72. The number of nitrogens with one attached hydrogen (secondary N) is 1. The number of aromatic nitrogens is 2. The normalized spacial score (nSPS) is 10.5. The van der Waals surface area contributed by atoms with Gasteiger partial charge < -0.3 is 10.1 Å². The quantitative estimate of drug-likeness (QED) is 0.786. The molecular weight excluding hydrogens is 290 g/mol. The zero-order chi connectivity index (χ0) is 16.1. The minimum Gasteiger partial charge on any atom is -0.480 e. The van der Waals surface area contributed by atoms with Crippen molar-refractivity contribution in [2.75, 3.05) is 12.4 Å². The van der Waals surface area contributed by atoms with Crippen LogP contribution in [-0.4, -0.2) is 23.0 Å². The van der Waals surface area contributed by atoms with Gasteiger partial charge in [0.25, 0.3) is 0 Å². The number of para-hydroxylation sites is 3. The lowest BCUT2D eigenvalue weighted by Gasteiger charge is -2.09. The van der Waals surface area contributed by atoms with Gasteiger partial charge in [0.05, 0.1) is 18.1 Å². The second-order valence-electron chi connectivity index (χ2n) is 5.08. The van der Waals surface area contributed by atoms with Gasteiger partial charge in [-0.1, -0.05) is 30.3 Å². The first kappa shape index (κ1) is 15.0. The SMILES string of the molecule is COc1nc2ccccc2nc1CCC(=O)Nc1ccccc1. The molecule has 0 fully saturated rings. The largest absolute Gasteiger partial charge is 0.480 e. The second-order valence-corrected chi connectivity index (χ2v) is 5.08. The van der Waals surface area contributed by atoms with Crippen LogP contribution in [0.25, 0.3) is 11.0 Å². The van der Waals surface area contributed by atoms with E-state index in [2.05, 4.69) is 15.3 Å². The summed E-state index contributed by atoms with van der Waals surface area (Å²) in [6, 6.07) is 17.0. The van der Waals surface area contributed by atoms with E-state index in [4.69, 9.17) is 4.74 Å². The first-order chi connectivity index (χ1) is 11.3. The Morgan fingerprint density at radius 3 is 2.35 bits per heavy atom. The van der Waals surface area contributed by atoms with Crippen LogP contribution >= 0.6 is 0 Å². The first-order valence-corrected chi connectivity index (χ1v) is 7.41. The molecule has 0 radical (unpaired) electrons. The first-order valence-electron chi connectivity index (χ1n) is 7.41. The summed E-state index contributed by atoms with van der Waals surface area (Å²) in [4.78, 5) is 21.0. The molecule has 0 aliphatic carbocycles. The van der Waals surface area contributed by atoms with E-state index in [-0.39, 0.29) is 5.91 Å². The Hall–Kier alpha value is -2.95. The van der Waals surface area contributed by atoms with Crippen molar-refractivity contribution in [3.05, 3.63) is 60.3 Å². The molecule has 0 atom stereocenters. The van der Waals surface area contributed by atoms with Gasteiger partial charge in [-0.3, -0.25) is 4.79 Å². The van der Waals surface area contributed by atoms with Crippen LogP contribution in [0.1, 0.15) is 12.1 Å². The van der Waals surface area contributed by atoms with Gasteiger partial charge in [0.2, 0.25) is 11.8 Å². The third kappa shape index (κ3) is 3.63. The van der Waals surface area contributed by atoms with Crippen molar-refractivity contribution < 1.29 is 9.53 Å². The molecule has 0 bridgehead atoms. The van der Waals surface area contributed by atoms with Gasteiger partial charge in [0, 0.05) is 18.5 Å². The molecule has 0 aliphatic rings. The molecule has 23 heavy (non-hydrogen) atoms. The van der Waals surface area contributed by atoms with Crippen molar-refractivity contribution in [2.45, 2.75) is 12.8 Å². The van der Waals surface area contributed by atoms with Crippen molar-refractivity contribution in [3.8, 4) is 5.88 Å². The van der Waals surface area contributed by atoms with Gasteiger partial charge in [-0.2, -0.15) is 0 Å². The van der Waals surface area contributed by atoms with Crippen LogP contribution < -0.4 is 10.1 Å². The van der Waals surface area contributed by atoms with E-state index in [1.54, 1.807) is 7.11 Å². The smallest absolute Gasteiger partial charge is 0.235 e.